The maximum Gasteiger partial charge on any atom is 0.573 e. The fourth-order valence-corrected chi connectivity index (χ4v) is 2.23. The molecule has 0 aliphatic heterocycles. The van der Waals surface area contributed by atoms with E-state index in [9.17, 15) is 27.2 Å². The lowest BCUT2D eigenvalue weighted by Crippen LogP contribution is -2.20. The molecule has 142 valence electrons. The summed E-state index contributed by atoms with van der Waals surface area (Å²) in [6.07, 6.45) is -5.65. The van der Waals surface area contributed by atoms with Crippen molar-refractivity contribution in [3.63, 3.8) is 0 Å². The maximum absolute atomic E-state index is 13.4. The highest BCUT2D eigenvalue weighted by Crippen LogP contribution is 2.25. The van der Waals surface area contributed by atoms with Crippen LogP contribution in [0.4, 0.5) is 17.6 Å². The Labute approximate surface area is 156 Å². The van der Waals surface area contributed by atoms with Gasteiger partial charge in [0.05, 0.1) is 6.42 Å². The first-order chi connectivity index (χ1) is 12.6. The molecular weight excluding hydrogens is 388 g/mol. The van der Waals surface area contributed by atoms with Gasteiger partial charge in [-0.1, -0.05) is 42.5 Å². The van der Waals surface area contributed by atoms with Gasteiger partial charge >= 0.3 is 12.3 Å². The Morgan fingerprint density at radius 1 is 1.04 bits per heavy atom. The molecule has 0 saturated carbocycles. The van der Waals surface area contributed by atoms with E-state index in [1.165, 1.54) is 0 Å². The third kappa shape index (κ3) is 6.78. The lowest BCUT2D eigenvalue weighted by Gasteiger charge is -2.10. The maximum atomic E-state index is 13.4. The molecule has 0 fully saturated rings. The van der Waals surface area contributed by atoms with Crippen LogP contribution < -0.4 is 4.74 Å². The van der Waals surface area contributed by atoms with Crippen LogP contribution in [0.2, 0.25) is 0 Å². The number of rotatable bonds is 7. The molecule has 0 aliphatic rings. The third-order valence-corrected chi connectivity index (χ3v) is 3.50. The number of ketones is 1. The number of carbonyl (C=O) groups excluding carboxylic acids is 2. The largest absolute Gasteiger partial charge is 0.573 e. The Kier molecular flexibility index (Phi) is 6.62. The van der Waals surface area contributed by atoms with Gasteiger partial charge in [0.15, 0.2) is 5.78 Å². The number of hydrogen-bond acceptors (Lipinski definition) is 5. The van der Waals surface area contributed by atoms with Crippen molar-refractivity contribution in [2.24, 2.45) is 0 Å². The van der Waals surface area contributed by atoms with Gasteiger partial charge in [-0.3, -0.25) is 4.79 Å². The molecule has 2 aromatic carbocycles. The number of thiocarbonyl (C=S) groups is 1. The lowest BCUT2D eigenvalue weighted by atomic mass is 10.1. The first-order valence-corrected chi connectivity index (χ1v) is 7.88. The van der Waals surface area contributed by atoms with Gasteiger partial charge in [0.1, 0.15) is 23.0 Å². The molecule has 0 radical (unpaired) electrons. The van der Waals surface area contributed by atoms with Gasteiger partial charge in [-0.2, -0.15) is 0 Å². The zero-order chi connectivity index (χ0) is 20.0. The Morgan fingerprint density at radius 3 is 2.33 bits per heavy atom. The van der Waals surface area contributed by atoms with Crippen LogP contribution >= 0.6 is 12.2 Å². The predicted molar refractivity (Wildman–Crippen MR) is 90.9 cm³/mol. The normalized spacial score (nSPS) is 11.0. The van der Waals surface area contributed by atoms with Crippen molar-refractivity contribution >= 4 is 28.8 Å². The predicted octanol–water partition coefficient (Wildman–Crippen LogP) is 4.41. The van der Waals surface area contributed by atoms with E-state index in [2.05, 4.69) is 4.74 Å². The van der Waals surface area contributed by atoms with E-state index in [0.717, 1.165) is 12.1 Å². The molecule has 0 bridgehead atoms. The van der Waals surface area contributed by atoms with Crippen LogP contribution in [-0.2, 0) is 16.1 Å². The molecule has 0 unspecified atom stereocenters. The van der Waals surface area contributed by atoms with Crippen LogP contribution in [0.15, 0.2) is 48.5 Å². The minimum absolute atomic E-state index is 0.0580. The molecule has 0 aromatic heterocycles. The van der Waals surface area contributed by atoms with E-state index in [1.807, 2.05) is 0 Å². The van der Waals surface area contributed by atoms with Crippen LogP contribution in [0.1, 0.15) is 22.3 Å². The first-order valence-electron chi connectivity index (χ1n) is 7.47. The molecule has 2 rings (SSSR count). The summed E-state index contributed by atoms with van der Waals surface area (Å²) in [7, 11) is 0. The monoisotopic (exact) mass is 400 g/mol. The fraction of sp³-hybridized carbons (Fsp3) is 0.167. The van der Waals surface area contributed by atoms with Gasteiger partial charge in [-0.25, -0.2) is 9.18 Å². The number of carbonyl (C=O) groups is 2. The van der Waals surface area contributed by atoms with Gasteiger partial charge in [0.2, 0.25) is 0 Å². The summed E-state index contributed by atoms with van der Waals surface area (Å²) in [5.41, 5.74) is 0.298. The minimum atomic E-state index is -5.04. The number of halogens is 4. The third-order valence-electron chi connectivity index (χ3n) is 3.19. The van der Waals surface area contributed by atoms with E-state index in [0.29, 0.717) is 11.6 Å². The van der Waals surface area contributed by atoms with Crippen molar-refractivity contribution < 1.29 is 36.6 Å². The molecule has 0 atom stereocenters. The number of hydrogen-bond donors (Lipinski definition) is 0. The molecule has 0 aliphatic carbocycles. The Balaban J connectivity index is 1.99. The highest BCUT2D eigenvalue weighted by Gasteiger charge is 2.31. The molecule has 0 saturated heterocycles. The number of benzene rings is 2. The number of esters is 1. The number of ether oxygens (including phenoxy) is 2. The quantitative estimate of drug-likeness (QED) is 0.298. The molecule has 4 nitrogen and oxygen atoms in total. The van der Waals surface area contributed by atoms with Crippen molar-refractivity contribution in [2.45, 2.75) is 19.4 Å². The molecular formula is C18H12F4O4S. The second-order valence-corrected chi connectivity index (χ2v) is 5.80. The summed E-state index contributed by atoms with van der Waals surface area (Å²) < 4.78 is 58.7. The molecule has 0 heterocycles. The van der Waals surface area contributed by atoms with E-state index in [1.54, 1.807) is 30.3 Å². The zero-order valence-corrected chi connectivity index (χ0v) is 14.4. The van der Waals surface area contributed by atoms with Gasteiger partial charge in [-0.15, -0.1) is 13.2 Å². The molecule has 27 heavy (non-hydrogen) atoms. The molecule has 9 heteroatoms. The summed E-state index contributed by atoms with van der Waals surface area (Å²) in [6.45, 7) is -0.0580. The zero-order valence-electron chi connectivity index (χ0n) is 13.6. The van der Waals surface area contributed by atoms with Crippen molar-refractivity contribution in [1.29, 1.82) is 0 Å². The second kappa shape index (κ2) is 8.72. The number of alkyl halides is 3. The van der Waals surface area contributed by atoms with Crippen molar-refractivity contribution in [3.8, 4) is 5.75 Å². The van der Waals surface area contributed by atoms with E-state index >= 15 is 0 Å². The average Bonchev–Trinajstić information content (AvgIpc) is 2.58. The van der Waals surface area contributed by atoms with Crippen LogP contribution in [0.25, 0.3) is 0 Å². The Hall–Kier alpha value is -2.81. The Morgan fingerprint density at radius 2 is 1.70 bits per heavy atom. The standard InChI is InChI=1S/C18H12F4O4S/c19-13-6-12(7-14(8-13)26-18(20,21)22)15(23)9-16(27)17(24)25-10-11-4-2-1-3-5-11/h1-8H,9-10H2. The van der Waals surface area contributed by atoms with Crippen LogP contribution in [0.3, 0.4) is 0 Å². The number of Topliss-reactive ketones (excluding diaryl/α,β-unsaturated/α-hetero) is 1. The summed E-state index contributed by atoms with van der Waals surface area (Å²) in [5.74, 6) is -3.74. The van der Waals surface area contributed by atoms with Crippen LogP contribution in [0.5, 0.6) is 5.75 Å². The second-order valence-electron chi connectivity index (χ2n) is 5.31. The van der Waals surface area contributed by atoms with Crippen molar-refractivity contribution in [2.75, 3.05) is 0 Å². The fourth-order valence-electron chi connectivity index (χ4n) is 2.04. The van der Waals surface area contributed by atoms with Crippen molar-refractivity contribution in [1.82, 2.24) is 0 Å². The van der Waals surface area contributed by atoms with E-state index < -0.39 is 41.7 Å². The summed E-state index contributed by atoms with van der Waals surface area (Å²) in [6, 6.07) is 10.6. The minimum Gasteiger partial charge on any atom is -0.457 e. The molecule has 2 aromatic rings. The highest BCUT2D eigenvalue weighted by atomic mass is 32.1. The first kappa shape index (κ1) is 20.5. The molecule has 0 amide bonds. The van der Waals surface area contributed by atoms with E-state index in [-0.39, 0.29) is 11.5 Å². The van der Waals surface area contributed by atoms with Crippen molar-refractivity contribution in [3.05, 3.63) is 65.5 Å². The highest BCUT2D eigenvalue weighted by molar-refractivity contribution is 7.82. The van der Waals surface area contributed by atoms with E-state index in [4.69, 9.17) is 17.0 Å². The van der Waals surface area contributed by atoms with Gasteiger partial charge in [-0.05, 0) is 17.7 Å². The summed E-state index contributed by atoms with van der Waals surface area (Å²) >= 11 is 4.82. The molecule has 0 spiro atoms. The summed E-state index contributed by atoms with van der Waals surface area (Å²) in [4.78, 5) is 23.6. The smallest absolute Gasteiger partial charge is 0.457 e. The van der Waals surface area contributed by atoms with Gasteiger partial charge < -0.3 is 9.47 Å². The van der Waals surface area contributed by atoms with Crippen LogP contribution in [-0.4, -0.2) is 23.0 Å². The average molecular weight is 400 g/mol. The summed E-state index contributed by atoms with van der Waals surface area (Å²) in [5, 5.41) is 0. The Bertz CT molecular complexity index is 850. The molecule has 0 N–H and O–H groups in total. The van der Waals surface area contributed by atoms with Crippen LogP contribution in [0, 0.1) is 5.82 Å². The van der Waals surface area contributed by atoms with Gasteiger partial charge in [0, 0.05) is 11.6 Å². The topological polar surface area (TPSA) is 52.6 Å². The van der Waals surface area contributed by atoms with Gasteiger partial charge in [0.25, 0.3) is 0 Å². The SMILES string of the molecule is O=C(OCc1ccccc1)C(=S)CC(=O)c1cc(F)cc(OC(F)(F)F)c1. The lowest BCUT2D eigenvalue weighted by molar-refractivity contribution is -0.274.